The molecule has 0 bridgehead atoms. The fraction of sp³-hybridized carbons (Fsp3) is 0.789. The lowest BCUT2D eigenvalue weighted by atomic mass is 9.73. The highest BCUT2D eigenvalue weighted by Gasteiger charge is 2.47. The topological polar surface area (TPSA) is 56.6 Å². The van der Waals surface area contributed by atoms with Crippen molar-refractivity contribution in [3.8, 4) is 0 Å². The number of nitrogens with zero attached hydrogens (tertiary/aromatic N) is 3. The van der Waals surface area contributed by atoms with Gasteiger partial charge in [-0.15, -0.1) is 0 Å². The number of carbonyl (C=O) groups is 1. The molecule has 3 heterocycles. The predicted molar refractivity (Wildman–Crippen MR) is 95.7 cm³/mol. The van der Waals surface area contributed by atoms with E-state index in [1.165, 1.54) is 0 Å². The zero-order valence-corrected chi connectivity index (χ0v) is 16.0. The second-order valence-electron chi connectivity index (χ2n) is 7.69. The number of hydrogen-bond donors (Lipinski definition) is 0. The number of carbonyl (C=O) groups excluding carboxylic acids is 1. The molecule has 1 amide bonds. The van der Waals surface area contributed by atoms with Crippen molar-refractivity contribution in [2.75, 3.05) is 26.3 Å². The molecule has 2 atom stereocenters. The number of piperidine rings is 1. The van der Waals surface area contributed by atoms with Crippen LogP contribution in [0.25, 0.3) is 0 Å². The zero-order valence-electron chi connectivity index (χ0n) is 16.0. The van der Waals surface area contributed by atoms with E-state index in [4.69, 9.17) is 9.47 Å². The smallest absolute Gasteiger partial charge is 0.272 e. The Balaban J connectivity index is 1.80. The van der Waals surface area contributed by atoms with Crippen molar-refractivity contribution in [3.05, 3.63) is 17.5 Å². The van der Waals surface area contributed by atoms with Gasteiger partial charge in [-0.2, -0.15) is 5.10 Å². The van der Waals surface area contributed by atoms with E-state index in [0.29, 0.717) is 25.4 Å². The first-order chi connectivity index (χ1) is 11.9. The van der Waals surface area contributed by atoms with E-state index < -0.39 is 0 Å². The van der Waals surface area contributed by atoms with E-state index >= 15 is 0 Å². The highest BCUT2D eigenvalue weighted by atomic mass is 16.5. The first kappa shape index (κ1) is 18.4. The standard InChI is InChI=1S/C19H31N3O3/c1-5-22-16(11-15(4)20-22)18(23)21-9-7-17-19(12-21,8-6-10-24-17)13-25-14(2)3/h11,14,17H,5-10,12-13H2,1-4H3. The van der Waals surface area contributed by atoms with Crippen LogP contribution in [-0.4, -0.2) is 59.1 Å². The zero-order chi connectivity index (χ0) is 18.0. The molecule has 0 aromatic carbocycles. The maximum atomic E-state index is 13.1. The number of rotatable bonds is 5. The Bertz CT molecular complexity index is 613. The van der Waals surface area contributed by atoms with Crippen LogP contribution >= 0.6 is 0 Å². The number of aromatic nitrogens is 2. The van der Waals surface area contributed by atoms with E-state index in [0.717, 1.165) is 38.1 Å². The van der Waals surface area contributed by atoms with E-state index in [1.807, 2.05) is 24.8 Å². The summed E-state index contributed by atoms with van der Waals surface area (Å²) < 4.78 is 13.9. The fourth-order valence-electron chi connectivity index (χ4n) is 4.13. The number of likely N-dealkylation sites (tertiary alicyclic amines) is 1. The number of amides is 1. The van der Waals surface area contributed by atoms with Crippen LogP contribution in [0.15, 0.2) is 6.07 Å². The van der Waals surface area contributed by atoms with Gasteiger partial charge in [0.2, 0.25) is 0 Å². The summed E-state index contributed by atoms with van der Waals surface area (Å²) in [5.41, 5.74) is 1.50. The molecule has 2 fully saturated rings. The van der Waals surface area contributed by atoms with Crippen molar-refractivity contribution in [1.29, 1.82) is 0 Å². The van der Waals surface area contributed by atoms with Gasteiger partial charge < -0.3 is 14.4 Å². The molecule has 2 saturated heterocycles. The van der Waals surface area contributed by atoms with Crippen LogP contribution in [0, 0.1) is 12.3 Å². The summed E-state index contributed by atoms with van der Waals surface area (Å²) >= 11 is 0. The molecule has 6 nitrogen and oxygen atoms in total. The molecule has 2 aliphatic rings. The quantitative estimate of drug-likeness (QED) is 0.820. The van der Waals surface area contributed by atoms with Crippen molar-refractivity contribution in [2.24, 2.45) is 5.41 Å². The summed E-state index contributed by atoms with van der Waals surface area (Å²) in [6.45, 7) is 11.7. The maximum Gasteiger partial charge on any atom is 0.272 e. The van der Waals surface area contributed by atoms with Crippen molar-refractivity contribution in [1.82, 2.24) is 14.7 Å². The third-order valence-electron chi connectivity index (χ3n) is 5.40. The Labute approximate surface area is 150 Å². The summed E-state index contributed by atoms with van der Waals surface area (Å²) in [6.07, 6.45) is 3.35. The molecular weight excluding hydrogens is 318 g/mol. The lowest BCUT2D eigenvalue weighted by Crippen LogP contribution is -2.58. The molecule has 2 aliphatic heterocycles. The Kier molecular flexibility index (Phi) is 5.49. The molecule has 140 valence electrons. The van der Waals surface area contributed by atoms with Crippen LogP contribution in [0.2, 0.25) is 0 Å². The molecule has 0 saturated carbocycles. The molecule has 0 spiro atoms. The van der Waals surface area contributed by atoms with Gasteiger partial charge in [0, 0.05) is 31.7 Å². The normalized spacial score (nSPS) is 26.8. The Morgan fingerprint density at radius 3 is 3.04 bits per heavy atom. The lowest BCUT2D eigenvalue weighted by molar-refractivity contribution is -0.152. The average Bonchev–Trinajstić information content (AvgIpc) is 2.99. The van der Waals surface area contributed by atoms with Crippen LogP contribution < -0.4 is 0 Å². The van der Waals surface area contributed by atoms with E-state index in [1.54, 1.807) is 4.68 Å². The second-order valence-corrected chi connectivity index (χ2v) is 7.69. The molecule has 0 aliphatic carbocycles. The van der Waals surface area contributed by atoms with Crippen LogP contribution in [0.1, 0.15) is 56.2 Å². The molecule has 6 heteroatoms. The molecule has 0 N–H and O–H groups in total. The minimum atomic E-state index is -0.0808. The highest BCUT2D eigenvalue weighted by Crippen LogP contribution is 2.41. The van der Waals surface area contributed by atoms with Gasteiger partial charge in [-0.1, -0.05) is 0 Å². The van der Waals surface area contributed by atoms with E-state index in [-0.39, 0.29) is 23.5 Å². The second kappa shape index (κ2) is 7.46. The van der Waals surface area contributed by atoms with Gasteiger partial charge in [0.15, 0.2) is 0 Å². The van der Waals surface area contributed by atoms with Crippen LogP contribution in [0.3, 0.4) is 0 Å². The van der Waals surface area contributed by atoms with Crippen LogP contribution in [0.4, 0.5) is 0 Å². The summed E-state index contributed by atoms with van der Waals surface area (Å²) in [7, 11) is 0. The van der Waals surface area contributed by atoms with E-state index in [2.05, 4.69) is 18.9 Å². The number of fused-ring (bicyclic) bond motifs is 1. The predicted octanol–water partition coefficient (Wildman–Crippen LogP) is 2.65. The van der Waals surface area contributed by atoms with Gasteiger partial charge in [-0.3, -0.25) is 9.48 Å². The molecular formula is C19H31N3O3. The summed E-state index contributed by atoms with van der Waals surface area (Å²) in [6, 6.07) is 1.90. The summed E-state index contributed by atoms with van der Waals surface area (Å²) in [5, 5.41) is 4.42. The van der Waals surface area contributed by atoms with Gasteiger partial charge in [0.25, 0.3) is 5.91 Å². The number of ether oxygens (including phenoxy) is 2. The van der Waals surface area contributed by atoms with Crippen molar-refractivity contribution < 1.29 is 14.3 Å². The van der Waals surface area contributed by atoms with Gasteiger partial charge >= 0.3 is 0 Å². The SMILES string of the molecule is CCn1nc(C)cc1C(=O)N1CCC2OCCCC2(COC(C)C)C1. The largest absolute Gasteiger partial charge is 0.378 e. The minimum Gasteiger partial charge on any atom is -0.378 e. The van der Waals surface area contributed by atoms with Crippen LogP contribution in [-0.2, 0) is 16.0 Å². The minimum absolute atomic E-state index is 0.0791. The highest BCUT2D eigenvalue weighted by molar-refractivity contribution is 5.92. The molecule has 0 radical (unpaired) electrons. The van der Waals surface area contributed by atoms with Crippen LogP contribution in [0.5, 0.6) is 0 Å². The van der Waals surface area contributed by atoms with E-state index in [9.17, 15) is 4.79 Å². The maximum absolute atomic E-state index is 13.1. The molecule has 25 heavy (non-hydrogen) atoms. The molecule has 1 aromatic heterocycles. The Hall–Kier alpha value is -1.40. The molecule has 2 unspecified atom stereocenters. The lowest BCUT2D eigenvalue weighted by Gasteiger charge is -2.50. The first-order valence-electron chi connectivity index (χ1n) is 9.52. The van der Waals surface area contributed by atoms with Gasteiger partial charge in [-0.05, 0) is 53.0 Å². The molecule has 3 rings (SSSR count). The van der Waals surface area contributed by atoms with Crippen molar-refractivity contribution in [3.63, 3.8) is 0 Å². The monoisotopic (exact) mass is 349 g/mol. The molecule has 1 aromatic rings. The summed E-state index contributed by atoms with van der Waals surface area (Å²) in [5.74, 6) is 0.0791. The fourth-order valence-corrected chi connectivity index (χ4v) is 4.13. The number of aryl methyl sites for hydroxylation is 2. The Morgan fingerprint density at radius 1 is 1.52 bits per heavy atom. The summed E-state index contributed by atoms with van der Waals surface area (Å²) in [4.78, 5) is 15.1. The average molecular weight is 349 g/mol. The van der Waals surface area contributed by atoms with Crippen molar-refractivity contribution in [2.45, 2.75) is 65.7 Å². The number of hydrogen-bond acceptors (Lipinski definition) is 4. The third kappa shape index (κ3) is 3.75. The van der Waals surface area contributed by atoms with Gasteiger partial charge in [0.05, 0.1) is 24.5 Å². The van der Waals surface area contributed by atoms with Gasteiger partial charge in [-0.25, -0.2) is 0 Å². The third-order valence-corrected chi connectivity index (χ3v) is 5.40. The van der Waals surface area contributed by atoms with Gasteiger partial charge in [0.1, 0.15) is 5.69 Å². The van der Waals surface area contributed by atoms with Crippen molar-refractivity contribution >= 4 is 5.91 Å². The first-order valence-corrected chi connectivity index (χ1v) is 9.52. The Morgan fingerprint density at radius 2 is 2.32 bits per heavy atom.